The third-order valence-corrected chi connectivity index (χ3v) is 9.45. The molecule has 1 nitrogen and oxygen atoms in total. The molecular weight excluding hydrogens is 266 g/mol. The standard InChI is InChI=1S/C21H35N/c1-12-13(2)18-15(12)8-4-6-14-7-5-9-16-20(19(14)18)17-10-11-22(3)21(16)17/h12-21H,4-11H2,1-3H3/t12-,13?,14?,15?,16?,17?,18?,19-,20?,21?/m0/s1. The van der Waals surface area contributed by atoms with Gasteiger partial charge in [-0.3, -0.25) is 0 Å². The summed E-state index contributed by atoms with van der Waals surface area (Å²) in [5.74, 6) is 9.77. The van der Waals surface area contributed by atoms with Crippen LogP contribution >= 0.6 is 0 Å². The van der Waals surface area contributed by atoms with Gasteiger partial charge in [-0.05, 0) is 86.1 Å². The number of hydrogen-bond donors (Lipinski definition) is 0. The van der Waals surface area contributed by atoms with Crippen molar-refractivity contribution in [2.24, 2.45) is 53.3 Å². The van der Waals surface area contributed by atoms with Gasteiger partial charge in [0.1, 0.15) is 0 Å². The highest BCUT2D eigenvalue weighted by Gasteiger charge is 2.63. The van der Waals surface area contributed by atoms with E-state index in [9.17, 15) is 0 Å². The molecule has 0 radical (unpaired) electrons. The molecule has 22 heavy (non-hydrogen) atoms. The molecule has 10 atom stereocenters. The Morgan fingerprint density at radius 2 is 1.36 bits per heavy atom. The zero-order valence-electron chi connectivity index (χ0n) is 14.9. The molecule has 0 bridgehead atoms. The molecule has 4 saturated carbocycles. The third-order valence-electron chi connectivity index (χ3n) is 9.45. The zero-order valence-corrected chi connectivity index (χ0v) is 14.9. The normalized spacial score (nSPS) is 60.7. The highest BCUT2D eigenvalue weighted by atomic mass is 15.2. The Bertz CT molecular complexity index is 445. The molecule has 4 aliphatic carbocycles. The molecule has 0 aromatic rings. The first-order valence-corrected chi connectivity index (χ1v) is 10.4. The van der Waals surface area contributed by atoms with Gasteiger partial charge in [0.25, 0.3) is 0 Å². The average molecular weight is 302 g/mol. The Morgan fingerprint density at radius 1 is 0.682 bits per heavy atom. The maximum absolute atomic E-state index is 2.73. The molecule has 0 spiro atoms. The average Bonchev–Trinajstić information content (AvgIpc) is 2.65. The zero-order chi connectivity index (χ0) is 15.0. The second-order valence-electron chi connectivity index (χ2n) is 9.82. The predicted octanol–water partition coefficient (Wildman–Crippen LogP) is 4.67. The molecule has 0 aromatic heterocycles. The molecule has 0 aromatic carbocycles. The largest absolute Gasteiger partial charge is 0.303 e. The molecule has 1 heteroatoms. The minimum Gasteiger partial charge on any atom is -0.303 e. The van der Waals surface area contributed by atoms with Crippen molar-refractivity contribution in [2.75, 3.05) is 13.6 Å². The van der Waals surface area contributed by atoms with Crippen molar-refractivity contribution in [1.82, 2.24) is 4.90 Å². The molecule has 1 heterocycles. The molecule has 1 saturated heterocycles. The van der Waals surface area contributed by atoms with Gasteiger partial charge in [0, 0.05) is 6.04 Å². The topological polar surface area (TPSA) is 3.24 Å². The predicted molar refractivity (Wildman–Crippen MR) is 91.5 cm³/mol. The van der Waals surface area contributed by atoms with Crippen molar-refractivity contribution in [3.63, 3.8) is 0 Å². The molecule has 124 valence electrons. The lowest BCUT2D eigenvalue weighted by Crippen LogP contribution is -2.60. The first-order valence-electron chi connectivity index (χ1n) is 10.4. The van der Waals surface area contributed by atoms with E-state index < -0.39 is 0 Å². The van der Waals surface area contributed by atoms with Crippen molar-refractivity contribution >= 4 is 0 Å². The SMILES string of the molecule is CC1C2C(CCCC3CCCC4C(C5CCN(C)C45)[C@@H]32)[C@H]1C. The van der Waals surface area contributed by atoms with Crippen LogP contribution in [0.4, 0.5) is 0 Å². The van der Waals surface area contributed by atoms with E-state index in [0.717, 1.165) is 59.3 Å². The molecule has 5 fully saturated rings. The van der Waals surface area contributed by atoms with Gasteiger partial charge in [0.15, 0.2) is 0 Å². The van der Waals surface area contributed by atoms with Crippen LogP contribution in [0.25, 0.3) is 0 Å². The van der Waals surface area contributed by atoms with E-state index in [4.69, 9.17) is 0 Å². The fourth-order valence-electron chi connectivity index (χ4n) is 8.47. The van der Waals surface area contributed by atoms with Crippen LogP contribution < -0.4 is 0 Å². The molecule has 5 rings (SSSR count). The van der Waals surface area contributed by atoms with Gasteiger partial charge in [0.2, 0.25) is 0 Å². The minimum absolute atomic E-state index is 0.984. The summed E-state index contributed by atoms with van der Waals surface area (Å²) in [5.41, 5.74) is 0. The monoisotopic (exact) mass is 301 g/mol. The lowest BCUT2D eigenvalue weighted by molar-refractivity contribution is -0.130. The Morgan fingerprint density at radius 3 is 2.14 bits per heavy atom. The number of rotatable bonds is 0. The number of hydrogen-bond acceptors (Lipinski definition) is 1. The fraction of sp³-hybridized carbons (Fsp3) is 1.00. The molecule has 1 aliphatic heterocycles. The van der Waals surface area contributed by atoms with Crippen LogP contribution in [0.3, 0.4) is 0 Å². The summed E-state index contributed by atoms with van der Waals surface area (Å²) in [6.45, 7) is 6.55. The van der Waals surface area contributed by atoms with E-state index >= 15 is 0 Å². The first kappa shape index (κ1) is 14.3. The van der Waals surface area contributed by atoms with Crippen molar-refractivity contribution in [3.8, 4) is 0 Å². The summed E-state index contributed by atoms with van der Waals surface area (Å²) in [5, 5.41) is 0. The highest BCUT2D eigenvalue weighted by molar-refractivity contribution is 5.13. The molecular formula is C21H35N. The second-order valence-corrected chi connectivity index (χ2v) is 9.82. The van der Waals surface area contributed by atoms with Crippen molar-refractivity contribution < 1.29 is 0 Å². The van der Waals surface area contributed by atoms with Crippen LogP contribution in [-0.4, -0.2) is 24.5 Å². The van der Waals surface area contributed by atoms with Gasteiger partial charge in [-0.15, -0.1) is 0 Å². The van der Waals surface area contributed by atoms with E-state index in [1.807, 2.05) is 0 Å². The Balaban J connectivity index is 1.49. The summed E-state index contributed by atoms with van der Waals surface area (Å²) in [6, 6.07) is 0.984. The first-order chi connectivity index (χ1) is 10.7. The van der Waals surface area contributed by atoms with Gasteiger partial charge in [-0.1, -0.05) is 39.5 Å². The molecule has 0 amide bonds. The fourth-order valence-corrected chi connectivity index (χ4v) is 8.47. The van der Waals surface area contributed by atoms with Crippen molar-refractivity contribution in [3.05, 3.63) is 0 Å². The minimum atomic E-state index is 0.984. The van der Waals surface area contributed by atoms with Gasteiger partial charge in [0.05, 0.1) is 0 Å². The van der Waals surface area contributed by atoms with E-state index in [-0.39, 0.29) is 0 Å². The Kier molecular flexibility index (Phi) is 3.24. The third kappa shape index (κ3) is 1.70. The Hall–Kier alpha value is -0.0400. The van der Waals surface area contributed by atoms with Crippen LogP contribution in [0.1, 0.15) is 58.8 Å². The van der Waals surface area contributed by atoms with Gasteiger partial charge >= 0.3 is 0 Å². The van der Waals surface area contributed by atoms with Gasteiger partial charge < -0.3 is 4.90 Å². The molecule has 0 N–H and O–H groups in total. The van der Waals surface area contributed by atoms with Gasteiger partial charge in [-0.25, -0.2) is 0 Å². The van der Waals surface area contributed by atoms with Crippen LogP contribution in [0.15, 0.2) is 0 Å². The van der Waals surface area contributed by atoms with Crippen LogP contribution in [-0.2, 0) is 0 Å². The Labute approximate surface area is 137 Å². The highest BCUT2D eigenvalue weighted by Crippen LogP contribution is 2.66. The number of likely N-dealkylation sites (tertiary alicyclic amines) is 1. The van der Waals surface area contributed by atoms with Crippen LogP contribution in [0.5, 0.6) is 0 Å². The summed E-state index contributed by atoms with van der Waals surface area (Å²) in [6.07, 6.45) is 10.9. The lowest BCUT2D eigenvalue weighted by atomic mass is 9.45. The van der Waals surface area contributed by atoms with Crippen LogP contribution in [0.2, 0.25) is 0 Å². The van der Waals surface area contributed by atoms with Crippen molar-refractivity contribution in [1.29, 1.82) is 0 Å². The summed E-state index contributed by atoms with van der Waals surface area (Å²) >= 11 is 0. The summed E-state index contributed by atoms with van der Waals surface area (Å²) < 4.78 is 0. The van der Waals surface area contributed by atoms with E-state index in [0.29, 0.717) is 0 Å². The van der Waals surface area contributed by atoms with E-state index in [2.05, 4.69) is 25.8 Å². The van der Waals surface area contributed by atoms with Crippen LogP contribution in [0, 0.1) is 53.3 Å². The molecule has 8 unspecified atom stereocenters. The lowest BCUT2D eigenvalue weighted by Gasteiger charge is -2.61. The van der Waals surface area contributed by atoms with E-state index in [1.54, 1.807) is 38.5 Å². The molecule has 5 aliphatic rings. The van der Waals surface area contributed by atoms with Crippen molar-refractivity contribution in [2.45, 2.75) is 64.8 Å². The maximum Gasteiger partial charge on any atom is 0.0155 e. The second kappa shape index (κ2) is 4.98. The summed E-state index contributed by atoms with van der Waals surface area (Å²) in [7, 11) is 2.41. The van der Waals surface area contributed by atoms with Gasteiger partial charge in [-0.2, -0.15) is 0 Å². The summed E-state index contributed by atoms with van der Waals surface area (Å²) in [4.78, 5) is 2.73. The van der Waals surface area contributed by atoms with E-state index in [1.165, 1.54) is 13.0 Å². The quantitative estimate of drug-likeness (QED) is 0.628. The number of fused-ring (bicyclic) bond motifs is 8. The smallest absolute Gasteiger partial charge is 0.0155 e. The number of nitrogens with zero attached hydrogens (tertiary/aromatic N) is 1. The maximum atomic E-state index is 2.73.